The van der Waals surface area contributed by atoms with Crippen molar-refractivity contribution in [3.63, 3.8) is 0 Å². The number of nitro benzene ring substituents is 1. The maximum Gasteiger partial charge on any atom is 0.271 e. The topological polar surface area (TPSA) is 102 Å². The van der Waals surface area contributed by atoms with Gasteiger partial charge in [-0.3, -0.25) is 19.7 Å². The van der Waals surface area contributed by atoms with Crippen LogP contribution in [0.1, 0.15) is 12.0 Å². The van der Waals surface area contributed by atoms with Crippen LogP contribution in [0.15, 0.2) is 42.5 Å². The van der Waals surface area contributed by atoms with Crippen molar-refractivity contribution in [3.05, 3.63) is 58.1 Å². The van der Waals surface area contributed by atoms with E-state index in [0.29, 0.717) is 17.1 Å². The first-order chi connectivity index (χ1) is 12.4. The molecule has 0 radical (unpaired) electrons. The number of carbonyl (C=O) groups excluding carboxylic acids is 2. The summed E-state index contributed by atoms with van der Waals surface area (Å²) in [5, 5.41) is 13.4. The largest absolute Gasteiger partial charge is 0.482 e. The van der Waals surface area contributed by atoms with Crippen molar-refractivity contribution in [2.75, 3.05) is 23.4 Å². The van der Waals surface area contributed by atoms with Gasteiger partial charge in [0.05, 0.1) is 10.6 Å². The van der Waals surface area contributed by atoms with Gasteiger partial charge in [0, 0.05) is 30.8 Å². The second-order valence-electron chi connectivity index (χ2n) is 5.91. The Balaban J connectivity index is 1.66. The molecule has 1 N–H and O–H groups in total. The highest BCUT2D eigenvalue weighted by Crippen LogP contribution is 2.32. The van der Waals surface area contributed by atoms with Crippen LogP contribution in [0, 0.1) is 17.0 Å². The summed E-state index contributed by atoms with van der Waals surface area (Å²) in [6.45, 7) is 2.04. The number of aryl methyl sites for hydroxylation is 1. The molecule has 8 heteroatoms. The molecule has 1 aliphatic heterocycles. The lowest BCUT2D eigenvalue weighted by atomic mass is 10.1. The molecule has 1 aliphatic rings. The number of non-ortho nitro benzene ring substituents is 1. The van der Waals surface area contributed by atoms with Crippen molar-refractivity contribution < 1.29 is 19.2 Å². The maximum atomic E-state index is 12.2. The van der Waals surface area contributed by atoms with Gasteiger partial charge in [-0.2, -0.15) is 0 Å². The number of nitrogens with one attached hydrogen (secondary N) is 1. The molecule has 0 aromatic heterocycles. The Labute approximate surface area is 149 Å². The molecule has 8 nitrogen and oxygen atoms in total. The van der Waals surface area contributed by atoms with E-state index in [4.69, 9.17) is 4.74 Å². The quantitative estimate of drug-likeness (QED) is 0.656. The van der Waals surface area contributed by atoms with E-state index in [1.807, 2.05) is 19.1 Å². The molecule has 2 amide bonds. The van der Waals surface area contributed by atoms with Gasteiger partial charge < -0.3 is 15.0 Å². The van der Waals surface area contributed by atoms with Crippen LogP contribution in [0.25, 0.3) is 0 Å². The molecule has 0 spiro atoms. The van der Waals surface area contributed by atoms with E-state index in [1.165, 1.54) is 23.1 Å². The molecule has 0 aliphatic carbocycles. The fourth-order valence-corrected chi connectivity index (χ4v) is 2.69. The van der Waals surface area contributed by atoms with Crippen LogP contribution in [0.5, 0.6) is 5.75 Å². The fourth-order valence-electron chi connectivity index (χ4n) is 2.69. The molecule has 3 rings (SSSR count). The Kier molecular flexibility index (Phi) is 4.83. The van der Waals surface area contributed by atoms with E-state index in [-0.39, 0.29) is 37.1 Å². The second-order valence-corrected chi connectivity index (χ2v) is 5.91. The summed E-state index contributed by atoms with van der Waals surface area (Å²) in [7, 11) is 0. The SMILES string of the molecule is Cc1ccc2c(c1)N(CCC(=O)Nc1cccc([N+](=O)[O-])c1)C(=O)CO2. The average Bonchev–Trinajstić information content (AvgIpc) is 2.61. The number of hydrogen-bond acceptors (Lipinski definition) is 5. The molecular weight excluding hydrogens is 338 g/mol. The number of amides is 2. The zero-order valence-corrected chi connectivity index (χ0v) is 14.1. The van der Waals surface area contributed by atoms with Gasteiger partial charge in [-0.1, -0.05) is 12.1 Å². The van der Waals surface area contributed by atoms with Crippen molar-refractivity contribution >= 4 is 28.9 Å². The summed E-state index contributed by atoms with van der Waals surface area (Å²) >= 11 is 0. The first-order valence-corrected chi connectivity index (χ1v) is 8.02. The number of benzene rings is 2. The lowest BCUT2D eigenvalue weighted by Crippen LogP contribution is -2.40. The molecule has 0 saturated heterocycles. The first kappa shape index (κ1) is 17.4. The standard InChI is InChI=1S/C18H17N3O5/c1-12-5-6-16-15(9-12)20(18(23)11-26-16)8-7-17(22)19-13-3-2-4-14(10-13)21(24)25/h2-6,9-10H,7-8,11H2,1H3,(H,19,22). The molecule has 1 heterocycles. The number of nitrogens with zero attached hydrogens (tertiary/aromatic N) is 2. The third kappa shape index (κ3) is 3.80. The normalized spacial score (nSPS) is 13.0. The fraction of sp³-hybridized carbons (Fsp3) is 0.222. The number of nitro groups is 1. The summed E-state index contributed by atoms with van der Waals surface area (Å²) in [6.07, 6.45) is 0.0574. The number of ether oxygens (including phenoxy) is 1. The predicted molar refractivity (Wildman–Crippen MR) is 95.4 cm³/mol. The highest BCUT2D eigenvalue weighted by molar-refractivity contribution is 5.99. The number of hydrogen-bond donors (Lipinski definition) is 1. The lowest BCUT2D eigenvalue weighted by molar-refractivity contribution is -0.384. The van der Waals surface area contributed by atoms with Crippen LogP contribution in [0.2, 0.25) is 0 Å². The third-order valence-electron chi connectivity index (χ3n) is 3.96. The summed E-state index contributed by atoms with van der Waals surface area (Å²) in [5.74, 6) is 0.0551. The molecule has 0 atom stereocenters. The molecule has 2 aromatic carbocycles. The molecule has 0 unspecified atom stereocenters. The van der Waals surface area contributed by atoms with Crippen molar-refractivity contribution in [2.45, 2.75) is 13.3 Å². The lowest BCUT2D eigenvalue weighted by Gasteiger charge is -2.29. The van der Waals surface area contributed by atoms with Gasteiger partial charge in [0.2, 0.25) is 5.91 Å². The summed E-state index contributed by atoms with van der Waals surface area (Å²) in [5.41, 5.74) is 1.86. The molecular formula is C18H17N3O5. The number of rotatable bonds is 5. The highest BCUT2D eigenvalue weighted by Gasteiger charge is 2.25. The summed E-state index contributed by atoms with van der Waals surface area (Å²) < 4.78 is 5.40. The van der Waals surface area contributed by atoms with Crippen LogP contribution >= 0.6 is 0 Å². The molecule has 0 bridgehead atoms. The van der Waals surface area contributed by atoms with Gasteiger partial charge in [0.15, 0.2) is 6.61 Å². The van der Waals surface area contributed by atoms with E-state index >= 15 is 0 Å². The van der Waals surface area contributed by atoms with Gasteiger partial charge in [0.25, 0.3) is 11.6 Å². The Hall–Kier alpha value is -3.42. The monoisotopic (exact) mass is 355 g/mol. The number of anilines is 2. The van der Waals surface area contributed by atoms with Gasteiger partial charge >= 0.3 is 0 Å². The van der Waals surface area contributed by atoms with E-state index < -0.39 is 4.92 Å². The van der Waals surface area contributed by atoms with Crippen molar-refractivity contribution in [2.24, 2.45) is 0 Å². The van der Waals surface area contributed by atoms with E-state index in [1.54, 1.807) is 12.1 Å². The van der Waals surface area contributed by atoms with Crippen molar-refractivity contribution in [3.8, 4) is 5.75 Å². The number of fused-ring (bicyclic) bond motifs is 1. The minimum absolute atomic E-state index is 0.0574. The van der Waals surface area contributed by atoms with E-state index in [0.717, 1.165) is 5.56 Å². The zero-order chi connectivity index (χ0) is 18.7. The second kappa shape index (κ2) is 7.22. The summed E-state index contributed by atoms with van der Waals surface area (Å²) in [6, 6.07) is 11.2. The smallest absolute Gasteiger partial charge is 0.271 e. The molecule has 2 aromatic rings. The van der Waals surface area contributed by atoms with Crippen molar-refractivity contribution in [1.29, 1.82) is 0 Å². The van der Waals surface area contributed by atoms with Crippen LogP contribution in [0.4, 0.5) is 17.1 Å². The van der Waals surface area contributed by atoms with Gasteiger partial charge in [-0.15, -0.1) is 0 Å². The Morgan fingerprint density at radius 3 is 2.88 bits per heavy atom. The molecule has 134 valence electrons. The van der Waals surface area contributed by atoms with Gasteiger partial charge in [-0.25, -0.2) is 0 Å². The van der Waals surface area contributed by atoms with Gasteiger partial charge in [0.1, 0.15) is 5.75 Å². The molecule has 0 saturated carbocycles. The zero-order valence-electron chi connectivity index (χ0n) is 14.1. The third-order valence-corrected chi connectivity index (χ3v) is 3.96. The average molecular weight is 355 g/mol. The van der Waals surface area contributed by atoms with Crippen LogP contribution < -0.4 is 15.0 Å². The van der Waals surface area contributed by atoms with Crippen molar-refractivity contribution in [1.82, 2.24) is 0 Å². The van der Waals surface area contributed by atoms with Crippen LogP contribution in [-0.2, 0) is 9.59 Å². The predicted octanol–water partition coefficient (Wildman–Crippen LogP) is 2.66. The highest BCUT2D eigenvalue weighted by atomic mass is 16.6. The molecule has 0 fully saturated rings. The van der Waals surface area contributed by atoms with Crippen LogP contribution in [0.3, 0.4) is 0 Å². The first-order valence-electron chi connectivity index (χ1n) is 8.02. The number of carbonyl (C=O) groups is 2. The summed E-state index contributed by atoms with van der Waals surface area (Å²) in [4.78, 5) is 36.1. The Bertz CT molecular complexity index is 881. The van der Waals surface area contributed by atoms with E-state index in [2.05, 4.69) is 5.32 Å². The van der Waals surface area contributed by atoms with E-state index in [9.17, 15) is 19.7 Å². The Morgan fingerprint density at radius 1 is 1.31 bits per heavy atom. The van der Waals surface area contributed by atoms with Gasteiger partial charge in [-0.05, 0) is 30.7 Å². The minimum Gasteiger partial charge on any atom is -0.482 e. The Morgan fingerprint density at radius 2 is 2.12 bits per heavy atom. The minimum atomic E-state index is -0.526. The van der Waals surface area contributed by atoms with Crippen LogP contribution in [-0.4, -0.2) is 29.9 Å². The molecule has 26 heavy (non-hydrogen) atoms. The maximum absolute atomic E-state index is 12.2.